The van der Waals surface area contributed by atoms with Crippen molar-refractivity contribution in [3.8, 4) is 0 Å². The highest BCUT2D eigenvalue weighted by molar-refractivity contribution is 5.78. The molecule has 3 nitrogen and oxygen atoms in total. The second-order valence-electron chi connectivity index (χ2n) is 5.29. The predicted molar refractivity (Wildman–Crippen MR) is 79.2 cm³/mol. The summed E-state index contributed by atoms with van der Waals surface area (Å²) in [6.45, 7) is 8.53. The van der Waals surface area contributed by atoms with Crippen LogP contribution < -0.4 is 5.32 Å². The van der Waals surface area contributed by atoms with Gasteiger partial charge in [0.1, 0.15) is 0 Å². The summed E-state index contributed by atoms with van der Waals surface area (Å²) in [5.41, 5.74) is 1.97. The number of nitrogens with zero attached hydrogens (tertiary/aromatic N) is 1. The van der Waals surface area contributed by atoms with Crippen LogP contribution in [0.15, 0.2) is 36.4 Å². The van der Waals surface area contributed by atoms with Gasteiger partial charge in [-0.05, 0) is 32.9 Å². The van der Waals surface area contributed by atoms with Crippen molar-refractivity contribution in [1.82, 2.24) is 10.3 Å². The maximum atomic E-state index is 5.65. The largest absolute Gasteiger partial charge is 0.375 e. The summed E-state index contributed by atoms with van der Waals surface area (Å²) in [6.07, 6.45) is 0. The molecule has 0 spiro atoms. The average Bonchev–Trinajstić information content (AvgIpc) is 2.38. The Morgan fingerprint density at radius 2 is 1.95 bits per heavy atom. The third kappa shape index (κ3) is 4.01. The molecule has 0 atom stereocenters. The molecule has 1 N–H and O–H groups in total. The van der Waals surface area contributed by atoms with E-state index in [9.17, 15) is 0 Å². The minimum atomic E-state index is -0.133. The summed E-state index contributed by atoms with van der Waals surface area (Å²) in [4.78, 5) is 4.64. The first kappa shape index (κ1) is 14.0. The van der Waals surface area contributed by atoms with E-state index in [1.54, 1.807) is 0 Å². The number of ether oxygens (including phenoxy) is 1. The Morgan fingerprint density at radius 3 is 2.74 bits per heavy atom. The van der Waals surface area contributed by atoms with E-state index >= 15 is 0 Å². The van der Waals surface area contributed by atoms with Crippen molar-refractivity contribution < 1.29 is 4.74 Å². The molecule has 1 aromatic heterocycles. The van der Waals surface area contributed by atoms with Gasteiger partial charge >= 0.3 is 0 Å². The van der Waals surface area contributed by atoms with E-state index in [4.69, 9.17) is 4.74 Å². The Kier molecular flexibility index (Phi) is 4.51. The molecule has 0 fully saturated rings. The van der Waals surface area contributed by atoms with E-state index in [1.807, 2.05) is 25.1 Å². The number of para-hydroxylation sites is 1. The van der Waals surface area contributed by atoms with Crippen molar-refractivity contribution in [2.45, 2.75) is 32.9 Å². The molecule has 0 unspecified atom stereocenters. The molecule has 19 heavy (non-hydrogen) atoms. The summed E-state index contributed by atoms with van der Waals surface area (Å²) in [7, 11) is 0. The lowest BCUT2D eigenvalue weighted by atomic mass is 10.1. The number of benzene rings is 1. The molecule has 0 aliphatic rings. The van der Waals surface area contributed by atoms with E-state index < -0.39 is 0 Å². The molecule has 0 saturated heterocycles. The van der Waals surface area contributed by atoms with E-state index in [0.29, 0.717) is 0 Å². The Hall–Kier alpha value is -1.45. The Labute approximate surface area is 115 Å². The minimum absolute atomic E-state index is 0.133. The molecule has 3 heteroatoms. The molecule has 2 rings (SSSR count). The van der Waals surface area contributed by atoms with E-state index in [2.05, 4.69) is 42.3 Å². The first-order valence-electron chi connectivity index (χ1n) is 6.80. The highest BCUT2D eigenvalue weighted by Crippen LogP contribution is 2.12. The van der Waals surface area contributed by atoms with Gasteiger partial charge in [0.25, 0.3) is 0 Å². The van der Waals surface area contributed by atoms with Crippen molar-refractivity contribution in [1.29, 1.82) is 0 Å². The molecule has 0 aliphatic carbocycles. The zero-order chi connectivity index (χ0) is 13.7. The lowest BCUT2D eigenvalue weighted by Gasteiger charge is -2.24. The molecule has 0 bridgehead atoms. The number of rotatable bonds is 6. The highest BCUT2D eigenvalue weighted by Gasteiger charge is 2.16. The molecular formula is C16H22N2O. The molecule has 0 aliphatic heterocycles. The number of hydrogen-bond donors (Lipinski definition) is 1. The summed E-state index contributed by atoms with van der Waals surface area (Å²) < 4.78 is 5.65. The lowest BCUT2D eigenvalue weighted by Crippen LogP contribution is -2.37. The number of nitrogens with one attached hydrogen (secondary N) is 1. The van der Waals surface area contributed by atoms with Crippen LogP contribution in [0.2, 0.25) is 0 Å². The Morgan fingerprint density at radius 1 is 1.16 bits per heavy atom. The Balaban J connectivity index is 1.95. The van der Waals surface area contributed by atoms with E-state index in [1.165, 1.54) is 5.39 Å². The zero-order valence-electron chi connectivity index (χ0n) is 11.9. The number of hydrogen-bond acceptors (Lipinski definition) is 3. The first-order valence-corrected chi connectivity index (χ1v) is 6.80. The summed E-state index contributed by atoms with van der Waals surface area (Å²) in [5, 5.41) is 4.59. The minimum Gasteiger partial charge on any atom is -0.375 e. The van der Waals surface area contributed by atoms with Gasteiger partial charge in [-0.25, -0.2) is 0 Å². The summed E-state index contributed by atoms with van der Waals surface area (Å²) >= 11 is 0. The molecule has 2 aromatic rings. The van der Waals surface area contributed by atoms with Crippen molar-refractivity contribution in [3.05, 3.63) is 42.1 Å². The zero-order valence-corrected chi connectivity index (χ0v) is 11.9. The number of pyridine rings is 1. The van der Waals surface area contributed by atoms with Gasteiger partial charge in [0.05, 0.1) is 16.8 Å². The van der Waals surface area contributed by atoms with Crippen LogP contribution in [0.25, 0.3) is 10.9 Å². The number of fused-ring (bicyclic) bond motifs is 1. The normalized spacial score (nSPS) is 11.9. The fourth-order valence-corrected chi connectivity index (χ4v) is 2.14. The van der Waals surface area contributed by atoms with Crippen molar-refractivity contribution >= 4 is 10.9 Å². The van der Waals surface area contributed by atoms with Gasteiger partial charge in [-0.3, -0.25) is 4.98 Å². The van der Waals surface area contributed by atoms with Crippen molar-refractivity contribution in [3.63, 3.8) is 0 Å². The van der Waals surface area contributed by atoms with E-state index in [0.717, 1.165) is 30.9 Å². The molecule has 0 amide bonds. The van der Waals surface area contributed by atoms with Crippen LogP contribution in [-0.2, 0) is 11.3 Å². The molecule has 1 aromatic carbocycles. The van der Waals surface area contributed by atoms with Crippen LogP contribution >= 0.6 is 0 Å². The molecule has 0 radical (unpaired) electrons. The van der Waals surface area contributed by atoms with Gasteiger partial charge in [-0.1, -0.05) is 24.3 Å². The molecule has 0 saturated carbocycles. The van der Waals surface area contributed by atoms with E-state index in [-0.39, 0.29) is 5.60 Å². The number of aromatic nitrogens is 1. The lowest BCUT2D eigenvalue weighted by molar-refractivity contribution is -0.00901. The maximum absolute atomic E-state index is 5.65. The maximum Gasteiger partial charge on any atom is 0.0750 e. The smallest absolute Gasteiger partial charge is 0.0750 e. The summed E-state index contributed by atoms with van der Waals surface area (Å²) in [5.74, 6) is 0. The van der Waals surface area contributed by atoms with Gasteiger partial charge in [-0.15, -0.1) is 0 Å². The van der Waals surface area contributed by atoms with Crippen LogP contribution in [0.4, 0.5) is 0 Å². The fraction of sp³-hybridized carbons (Fsp3) is 0.438. The fourth-order valence-electron chi connectivity index (χ4n) is 2.14. The molecule has 102 valence electrons. The third-order valence-electron chi connectivity index (χ3n) is 3.05. The van der Waals surface area contributed by atoms with Gasteiger partial charge in [0.15, 0.2) is 0 Å². The first-order chi connectivity index (χ1) is 9.11. The van der Waals surface area contributed by atoms with Crippen LogP contribution in [0.5, 0.6) is 0 Å². The van der Waals surface area contributed by atoms with Crippen LogP contribution in [0.3, 0.4) is 0 Å². The predicted octanol–water partition coefficient (Wildman–Crippen LogP) is 3.14. The van der Waals surface area contributed by atoms with Crippen molar-refractivity contribution in [2.24, 2.45) is 0 Å². The van der Waals surface area contributed by atoms with Crippen LogP contribution in [-0.4, -0.2) is 23.7 Å². The SMILES string of the molecule is CCOC(C)(C)CNCc1ccc2ccccc2n1. The second-order valence-corrected chi connectivity index (χ2v) is 5.29. The molecular weight excluding hydrogens is 236 g/mol. The van der Waals surface area contributed by atoms with Gasteiger partial charge in [0, 0.05) is 25.1 Å². The highest BCUT2D eigenvalue weighted by atomic mass is 16.5. The standard InChI is InChI=1S/C16H22N2O/c1-4-19-16(2,3)12-17-11-14-10-9-13-7-5-6-8-15(13)18-14/h5-10,17H,4,11-12H2,1-3H3. The monoisotopic (exact) mass is 258 g/mol. The summed E-state index contributed by atoms with van der Waals surface area (Å²) in [6, 6.07) is 12.4. The topological polar surface area (TPSA) is 34.1 Å². The van der Waals surface area contributed by atoms with Gasteiger partial charge < -0.3 is 10.1 Å². The van der Waals surface area contributed by atoms with Gasteiger partial charge in [-0.2, -0.15) is 0 Å². The Bertz CT molecular complexity index is 537. The van der Waals surface area contributed by atoms with Crippen LogP contribution in [0, 0.1) is 0 Å². The second kappa shape index (κ2) is 6.13. The molecule has 1 heterocycles. The van der Waals surface area contributed by atoms with Crippen LogP contribution in [0.1, 0.15) is 26.5 Å². The quantitative estimate of drug-likeness (QED) is 0.864. The third-order valence-corrected chi connectivity index (χ3v) is 3.05. The van der Waals surface area contributed by atoms with Gasteiger partial charge in [0.2, 0.25) is 0 Å². The average molecular weight is 258 g/mol. The van der Waals surface area contributed by atoms with Crippen molar-refractivity contribution in [2.75, 3.05) is 13.2 Å².